The number of carbonyl (C=O) groups excluding carboxylic acids is 1. The maximum atomic E-state index is 11.6. The van der Waals surface area contributed by atoms with Crippen LogP contribution in [0, 0.1) is 0 Å². The molecule has 0 saturated heterocycles. The lowest BCUT2D eigenvalue weighted by Gasteiger charge is -2.21. The second-order valence-corrected chi connectivity index (χ2v) is 6.17. The second kappa shape index (κ2) is 11.3. The van der Waals surface area contributed by atoms with Crippen molar-refractivity contribution in [2.24, 2.45) is 4.99 Å². The van der Waals surface area contributed by atoms with Crippen LogP contribution in [0.5, 0.6) is 5.75 Å². The normalized spacial score (nSPS) is 11.2. The van der Waals surface area contributed by atoms with Gasteiger partial charge in [0.15, 0.2) is 12.6 Å². The predicted molar refractivity (Wildman–Crippen MR) is 103 cm³/mol. The molecule has 1 rings (SSSR count). The van der Waals surface area contributed by atoms with Crippen molar-refractivity contribution in [2.45, 2.75) is 33.2 Å². The van der Waals surface area contributed by atoms with E-state index < -0.39 is 0 Å². The maximum absolute atomic E-state index is 11.6. The Balaban J connectivity index is 2.70. The fraction of sp³-hybridized carbons (Fsp3) is 0.579. The molecule has 6 nitrogen and oxygen atoms in total. The van der Waals surface area contributed by atoms with Crippen LogP contribution in [0.1, 0.15) is 32.3 Å². The number of hydrogen-bond acceptors (Lipinski definition) is 3. The average molecular weight is 348 g/mol. The van der Waals surface area contributed by atoms with Gasteiger partial charge in [-0.15, -0.1) is 0 Å². The smallest absolute Gasteiger partial charge is 0.259 e. The van der Waals surface area contributed by atoms with Gasteiger partial charge in [-0.05, 0) is 31.0 Å². The van der Waals surface area contributed by atoms with Crippen molar-refractivity contribution in [1.29, 1.82) is 0 Å². The third kappa shape index (κ3) is 7.92. The molecule has 1 aromatic carbocycles. The Morgan fingerprint density at radius 2 is 2.00 bits per heavy atom. The number of likely N-dealkylation sites (N-methyl/N-ethyl adjacent to an activating group) is 1. The van der Waals surface area contributed by atoms with Crippen LogP contribution < -0.4 is 10.1 Å². The van der Waals surface area contributed by atoms with E-state index in [1.165, 1.54) is 4.90 Å². The van der Waals surface area contributed by atoms with Gasteiger partial charge in [0.05, 0.1) is 6.54 Å². The van der Waals surface area contributed by atoms with Crippen LogP contribution in [0.25, 0.3) is 0 Å². The lowest BCUT2D eigenvalue weighted by molar-refractivity contribution is -0.130. The molecule has 0 aliphatic carbocycles. The largest absolute Gasteiger partial charge is 0.484 e. The molecule has 1 aromatic rings. The molecule has 0 atom stereocenters. The van der Waals surface area contributed by atoms with E-state index in [-0.39, 0.29) is 12.5 Å². The highest BCUT2D eigenvalue weighted by Crippen LogP contribution is 2.14. The Kier molecular flexibility index (Phi) is 9.43. The van der Waals surface area contributed by atoms with E-state index in [2.05, 4.69) is 31.1 Å². The summed E-state index contributed by atoms with van der Waals surface area (Å²) in [5, 5.41) is 3.32. The van der Waals surface area contributed by atoms with Gasteiger partial charge in [0.2, 0.25) is 0 Å². The monoisotopic (exact) mass is 348 g/mol. The average Bonchev–Trinajstić information content (AvgIpc) is 2.61. The van der Waals surface area contributed by atoms with Crippen molar-refractivity contribution < 1.29 is 9.53 Å². The van der Waals surface area contributed by atoms with Crippen molar-refractivity contribution in [2.75, 3.05) is 40.8 Å². The highest BCUT2D eigenvalue weighted by atomic mass is 16.5. The summed E-state index contributed by atoms with van der Waals surface area (Å²) in [6.07, 6.45) is 2.30. The fourth-order valence-electron chi connectivity index (χ4n) is 2.14. The molecule has 0 saturated carbocycles. The van der Waals surface area contributed by atoms with Crippen LogP contribution >= 0.6 is 0 Å². The summed E-state index contributed by atoms with van der Waals surface area (Å²) in [5.74, 6) is 1.53. The van der Waals surface area contributed by atoms with Crippen LogP contribution in [0.3, 0.4) is 0 Å². The summed E-state index contributed by atoms with van der Waals surface area (Å²) >= 11 is 0. The van der Waals surface area contributed by atoms with E-state index in [9.17, 15) is 4.79 Å². The van der Waals surface area contributed by atoms with Crippen molar-refractivity contribution in [3.63, 3.8) is 0 Å². The van der Waals surface area contributed by atoms with Crippen LogP contribution in [-0.2, 0) is 11.3 Å². The molecule has 6 heteroatoms. The van der Waals surface area contributed by atoms with E-state index in [1.54, 1.807) is 14.1 Å². The first-order valence-corrected chi connectivity index (χ1v) is 8.89. The van der Waals surface area contributed by atoms with Gasteiger partial charge >= 0.3 is 0 Å². The molecule has 1 amide bonds. The molecule has 0 fully saturated rings. The van der Waals surface area contributed by atoms with Gasteiger partial charge in [0, 0.05) is 34.2 Å². The van der Waals surface area contributed by atoms with E-state index in [4.69, 9.17) is 9.73 Å². The lowest BCUT2D eigenvalue weighted by atomic mass is 10.2. The lowest BCUT2D eigenvalue weighted by Crippen LogP contribution is -2.39. The van der Waals surface area contributed by atoms with Gasteiger partial charge in [-0.1, -0.05) is 25.5 Å². The standard InChI is InChI=1S/C19H32N4O2/c1-6-8-12-23(5)19(20-7-2)21-14-16-10-9-11-17(13-16)25-15-18(24)22(3)4/h9-11,13H,6-8,12,14-15H2,1-5H3,(H,20,21). The number of aliphatic imine (C=N–C) groups is 1. The van der Waals surface area contributed by atoms with Crippen LogP contribution in [-0.4, -0.2) is 62.5 Å². The predicted octanol–water partition coefficient (Wildman–Crippen LogP) is 2.35. The zero-order chi connectivity index (χ0) is 18.7. The molecule has 0 aliphatic rings. The summed E-state index contributed by atoms with van der Waals surface area (Å²) in [7, 11) is 5.49. The molecule has 0 radical (unpaired) electrons. The zero-order valence-electron chi connectivity index (χ0n) is 16.2. The fourth-order valence-corrected chi connectivity index (χ4v) is 2.14. The summed E-state index contributed by atoms with van der Waals surface area (Å²) < 4.78 is 5.56. The second-order valence-electron chi connectivity index (χ2n) is 6.17. The van der Waals surface area contributed by atoms with Crippen molar-refractivity contribution in [3.8, 4) is 5.75 Å². The minimum atomic E-state index is -0.0598. The van der Waals surface area contributed by atoms with Crippen LogP contribution in [0.15, 0.2) is 29.3 Å². The molecule has 25 heavy (non-hydrogen) atoms. The SMILES string of the molecule is CCCCN(C)C(=NCc1cccc(OCC(=O)N(C)C)c1)NCC. The third-order valence-electron chi connectivity index (χ3n) is 3.71. The summed E-state index contributed by atoms with van der Waals surface area (Å²) in [6, 6.07) is 7.73. The molecule has 1 N–H and O–H groups in total. The van der Waals surface area contributed by atoms with Gasteiger partial charge < -0.3 is 19.9 Å². The van der Waals surface area contributed by atoms with Gasteiger partial charge in [0.1, 0.15) is 5.75 Å². The Hall–Kier alpha value is -2.24. The first-order chi connectivity index (χ1) is 12.0. The van der Waals surface area contributed by atoms with Gasteiger partial charge in [0.25, 0.3) is 5.91 Å². The summed E-state index contributed by atoms with van der Waals surface area (Å²) in [5.41, 5.74) is 1.05. The first-order valence-electron chi connectivity index (χ1n) is 8.89. The first kappa shape index (κ1) is 20.8. The van der Waals surface area contributed by atoms with Crippen molar-refractivity contribution in [3.05, 3.63) is 29.8 Å². The third-order valence-corrected chi connectivity index (χ3v) is 3.71. The summed E-state index contributed by atoms with van der Waals surface area (Å²) in [4.78, 5) is 20.0. The number of rotatable bonds is 9. The molecule has 0 aromatic heterocycles. The Morgan fingerprint density at radius 3 is 2.64 bits per heavy atom. The number of unbranched alkanes of at least 4 members (excludes halogenated alkanes) is 1. The number of amides is 1. The Morgan fingerprint density at radius 1 is 1.24 bits per heavy atom. The number of ether oxygens (including phenoxy) is 1. The quantitative estimate of drug-likeness (QED) is 0.550. The minimum absolute atomic E-state index is 0.0438. The minimum Gasteiger partial charge on any atom is -0.484 e. The highest BCUT2D eigenvalue weighted by molar-refractivity contribution is 5.79. The van der Waals surface area contributed by atoms with Crippen LogP contribution in [0.4, 0.5) is 0 Å². The topological polar surface area (TPSA) is 57.2 Å². The molecule has 0 aliphatic heterocycles. The highest BCUT2D eigenvalue weighted by Gasteiger charge is 2.07. The van der Waals surface area contributed by atoms with E-state index in [1.807, 2.05) is 24.3 Å². The Bertz CT molecular complexity index is 558. The number of nitrogens with one attached hydrogen (secondary N) is 1. The molecular formula is C19H32N4O2. The Labute approximate surface area is 151 Å². The molecule has 140 valence electrons. The van der Waals surface area contributed by atoms with E-state index in [0.29, 0.717) is 12.3 Å². The molecular weight excluding hydrogens is 316 g/mol. The van der Waals surface area contributed by atoms with Crippen LogP contribution in [0.2, 0.25) is 0 Å². The zero-order valence-corrected chi connectivity index (χ0v) is 16.2. The molecule has 0 bridgehead atoms. The van der Waals surface area contributed by atoms with E-state index in [0.717, 1.165) is 37.5 Å². The maximum Gasteiger partial charge on any atom is 0.259 e. The molecule has 0 heterocycles. The van der Waals surface area contributed by atoms with Gasteiger partial charge in [-0.25, -0.2) is 4.99 Å². The number of hydrogen-bond donors (Lipinski definition) is 1. The van der Waals surface area contributed by atoms with Gasteiger partial charge in [-0.3, -0.25) is 4.79 Å². The number of guanidine groups is 1. The summed E-state index contributed by atoms with van der Waals surface area (Å²) in [6.45, 7) is 6.69. The van der Waals surface area contributed by atoms with Gasteiger partial charge in [-0.2, -0.15) is 0 Å². The number of nitrogens with zero attached hydrogens (tertiary/aromatic N) is 3. The van der Waals surface area contributed by atoms with Crippen molar-refractivity contribution >= 4 is 11.9 Å². The van der Waals surface area contributed by atoms with Crippen molar-refractivity contribution in [1.82, 2.24) is 15.1 Å². The molecule has 0 unspecified atom stereocenters. The number of carbonyl (C=O) groups is 1. The molecule has 0 spiro atoms. The van der Waals surface area contributed by atoms with E-state index >= 15 is 0 Å². The number of benzene rings is 1.